The molecule has 0 bridgehead atoms. The summed E-state index contributed by atoms with van der Waals surface area (Å²) < 4.78 is 0. The molecule has 7 atom stereocenters. The van der Waals surface area contributed by atoms with E-state index in [9.17, 15) is 4.79 Å². The van der Waals surface area contributed by atoms with Crippen LogP contribution in [0, 0.1) is 40.4 Å². The molecule has 0 aromatic heterocycles. The van der Waals surface area contributed by atoms with Crippen LogP contribution in [0.3, 0.4) is 0 Å². The third-order valence-electron chi connectivity index (χ3n) is 13.8. The van der Waals surface area contributed by atoms with Gasteiger partial charge in [-0.25, -0.2) is 0 Å². The Kier molecular flexibility index (Phi) is 16.1. The molecule has 7 heteroatoms. The van der Waals surface area contributed by atoms with Crippen LogP contribution in [0.2, 0.25) is 0 Å². The molecule has 4 aliphatic rings. The van der Waals surface area contributed by atoms with Crippen molar-refractivity contribution in [3.05, 3.63) is 11.6 Å². The van der Waals surface area contributed by atoms with Gasteiger partial charge in [-0.2, -0.15) is 0 Å². The SMILES string of the molecule is CC(C)CCCCC1CCC2C3CC=C4CC(SSCCC(=O)N(CCCCNCCC(C)(C)N)CCC(C)(C)N)CCC4(C)C3CCC12C. The number of carbonyl (C=O) groups is 1. The smallest absolute Gasteiger partial charge is 0.223 e. The summed E-state index contributed by atoms with van der Waals surface area (Å²) in [5, 5.41) is 4.20. The van der Waals surface area contributed by atoms with Crippen LogP contribution in [0.5, 0.6) is 0 Å². The molecular formula is C43H80N4OS2. The topological polar surface area (TPSA) is 84.4 Å². The fraction of sp³-hybridized carbons (Fsp3) is 0.930. The highest BCUT2D eigenvalue weighted by molar-refractivity contribution is 8.76. The number of fused-ring (bicyclic) bond motifs is 5. The second-order valence-electron chi connectivity index (χ2n) is 19.6. The van der Waals surface area contributed by atoms with E-state index in [1.54, 1.807) is 5.57 Å². The van der Waals surface area contributed by atoms with Gasteiger partial charge in [0.2, 0.25) is 5.91 Å². The molecule has 0 aromatic carbocycles. The van der Waals surface area contributed by atoms with Gasteiger partial charge in [0.05, 0.1) is 0 Å². The maximum atomic E-state index is 13.4. The van der Waals surface area contributed by atoms with Crippen molar-refractivity contribution in [1.29, 1.82) is 0 Å². The minimum Gasteiger partial charge on any atom is -0.343 e. The highest BCUT2D eigenvalue weighted by Gasteiger charge is 2.58. The minimum atomic E-state index is -0.257. The zero-order valence-electron chi connectivity index (χ0n) is 33.9. The van der Waals surface area contributed by atoms with E-state index >= 15 is 0 Å². The van der Waals surface area contributed by atoms with E-state index in [4.69, 9.17) is 11.5 Å². The van der Waals surface area contributed by atoms with Crippen LogP contribution in [-0.2, 0) is 4.79 Å². The number of rotatable bonds is 21. The lowest BCUT2D eigenvalue weighted by molar-refractivity contribution is -0.131. The lowest BCUT2D eigenvalue weighted by atomic mass is 9.47. The van der Waals surface area contributed by atoms with Crippen molar-refractivity contribution in [2.24, 2.45) is 51.9 Å². The molecule has 0 saturated heterocycles. The Balaban J connectivity index is 1.20. The predicted molar refractivity (Wildman–Crippen MR) is 221 cm³/mol. The maximum absolute atomic E-state index is 13.4. The van der Waals surface area contributed by atoms with E-state index < -0.39 is 0 Å². The normalized spacial score (nSPS) is 31.3. The number of allylic oxidation sites excluding steroid dienone is 2. The van der Waals surface area contributed by atoms with Gasteiger partial charge >= 0.3 is 0 Å². The number of amides is 1. The van der Waals surface area contributed by atoms with Gasteiger partial charge in [-0.1, -0.05) is 80.2 Å². The molecule has 1 amide bonds. The molecule has 3 fully saturated rings. The van der Waals surface area contributed by atoms with Gasteiger partial charge in [0.15, 0.2) is 0 Å². The molecule has 0 spiro atoms. The van der Waals surface area contributed by atoms with E-state index in [0.717, 1.165) is 87.2 Å². The summed E-state index contributed by atoms with van der Waals surface area (Å²) in [6.07, 6.45) is 24.2. The fourth-order valence-electron chi connectivity index (χ4n) is 10.5. The summed E-state index contributed by atoms with van der Waals surface area (Å²) in [7, 11) is 4.03. The van der Waals surface area contributed by atoms with E-state index in [-0.39, 0.29) is 11.1 Å². The summed E-state index contributed by atoms with van der Waals surface area (Å²) in [6, 6.07) is 0. The van der Waals surface area contributed by atoms with Gasteiger partial charge in [-0.05, 0) is 165 Å². The van der Waals surface area contributed by atoms with Gasteiger partial charge in [0, 0.05) is 41.6 Å². The number of hydrogen-bond donors (Lipinski definition) is 3. The van der Waals surface area contributed by atoms with Crippen LogP contribution in [0.4, 0.5) is 0 Å². The Hall–Kier alpha value is -0.210. The van der Waals surface area contributed by atoms with Crippen molar-refractivity contribution < 1.29 is 4.79 Å². The Labute approximate surface area is 317 Å². The Bertz CT molecular complexity index is 1080. The highest BCUT2D eigenvalue weighted by Crippen LogP contribution is 2.67. The van der Waals surface area contributed by atoms with Crippen molar-refractivity contribution in [2.45, 2.75) is 181 Å². The number of unbranched alkanes of at least 4 members (excludes halogenated alkanes) is 2. The number of carbonyl (C=O) groups excluding carboxylic acids is 1. The van der Waals surface area contributed by atoms with Crippen molar-refractivity contribution in [3.8, 4) is 0 Å². The maximum Gasteiger partial charge on any atom is 0.223 e. The van der Waals surface area contributed by atoms with Gasteiger partial charge in [-0.3, -0.25) is 4.79 Å². The summed E-state index contributed by atoms with van der Waals surface area (Å²) >= 11 is 0. The third kappa shape index (κ3) is 12.2. The first-order valence-corrected chi connectivity index (χ1v) is 23.4. The molecule has 0 heterocycles. The van der Waals surface area contributed by atoms with E-state index in [1.165, 1.54) is 77.0 Å². The highest BCUT2D eigenvalue weighted by atomic mass is 33.1. The fourth-order valence-corrected chi connectivity index (χ4v) is 13.2. The van der Waals surface area contributed by atoms with Crippen molar-refractivity contribution in [1.82, 2.24) is 10.2 Å². The number of nitrogens with one attached hydrogen (secondary N) is 1. The third-order valence-corrected chi connectivity index (χ3v) is 16.7. The number of hydrogen-bond acceptors (Lipinski definition) is 6. The molecule has 5 N–H and O–H groups in total. The molecule has 0 aromatic rings. The lowest BCUT2D eigenvalue weighted by Gasteiger charge is -2.58. The van der Waals surface area contributed by atoms with Crippen LogP contribution >= 0.6 is 21.6 Å². The largest absolute Gasteiger partial charge is 0.343 e. The summed E-state index contributed by atoms with van der Waals surface area (Å²) in [5.41, 5.74) is 14.8. The second kappa shape index (κ2) is 18.9. The second-order valence-corrected chi connectivity index (χ2v) is 22.4. The van der Waals surface area contributed by atoms with Gasteiger partial charge in [-0.15, -0.1) is 0 Å². The molecule has 0 radical (unpaired) electrons. The number of nitrogens with two attached hydrogens (primary N) is 2. The zero-order valence-corrected chi connectivity index (χ0v) is 35.6. The van der Waals surface area contributed by atoms with E-state index in [2.05, 4.69) is 82.5 Å². The van der Waals surface area contributed by atoms with E-state index in [0.29, 0.717) is 28.4 Å². The van der Waals surface area contributed by atoms with Crippen LogP contribution in [0.25, 0.3) is 0 Å². The Morgan fingerprint density at radius 3 is 2.42 bits per heavy atom. The first-order chi connectivity index (χ1) is 23.5. The quantitative estimate of drug-likeness (QED) is 0.0619. The standard InChI is InChI=1S/C43H80N4OS2/c1-32(2)13-9-10-14-33-16-18-37-36-17-15-34-31-35(19-22-43(34,8)38(36)20-23-42(33,37)7)50-49-30-21-39(48)47(29-25-41(5,6)45)28-12-11-26-46-27-24-40(3,4)44/h15,32-33,35-38,46H,9-14,16-31,44-45H2,1-8H3. The van der Waals surface area contributed by atoms with Gasteiger partial charge in [0.25, 0.3) is 0 Å². The van der Waals surface area contributed by atoms with Gasteiger partial charge < -0.3 is 21.7 Å². The summed E-state index contributed by atoms with van der Waals surface area (Å²) in [6.45, 7) is 21.9. The average molecular weight is 733 g/mol. The predicted octanol–water partition coefficient (Wildman–Crippen LogP) is 10.4. The first-order valence-electron chi connectivity index (χ1n) is 21.1. The Morgan fingerprint density at radius 2 is 1.70 bits per heavy atom. The Morgan fingerprint density at radius 1 is 0.940 bits per heavy atom. The van der Waals surface area contributed by atoms with Crippen LogP contribution < -0.4 is 16.8 Å². The number of nitrogens with zero attached hydrogens (tertiary/aromatic N) is 1. The van der Waals surface area contributed by atoms with Crippen LogP contribution in [0.1, 0.15) is 165 Å². The summed E-state index contributed by atoms with van der Waals surface area (Å²) in [5.74, 6) is 5.78. The zero-order chi connectivity index (χ0) is 36.6. The molecule has 7 unspecified atom stereocenters. The molecule has 5 nitrogen and oxygen atoms in total. The molecule has 4 aliphatic carbocycles. The lowest BCUT2D eigenvalue weighted by Crippen LogP contribution is -2.50. The van der Waals surface area contributed by atoms with Crippen molar-refractivity contribution in [2.75, 3.05) is 31.9 Å². The minimum absolute atomic E-state index is 0.125. The van der Waals surface area contributed by atoms with Crippen LogP contribution in [0.15, 0.2) is 11.6 Å². The summed E-state index contributed by atoms with van der Waals surface area (Å²) in [4.78, 5) is 15.5. The monoisotopic (exact) mass is 733 g/mol. The molecule has 3 saturated carbocycles. The first kappa shape index (κ1) is 42.5. The molecule has 290 valence electrons. The van der Waals surface area contributed by atoms with Gasteiger partial charge in [0.1, 0.15) is 0 Å². The molecule has 0 aliphatic heterocycles. The van der Waals surface area contributed by atoms with Crippen molar-refractivity contribution in [3.63, 3.8) is 0 Å². The molecule has 4 rings (SSSR count). The molecule has 50 heavy (non-hydrogen) atoms. The van der Waals surface area contributed by atoms with Crippen LogP contribution in [-0.4, -0.2) is 59.1 Å². The van der Waals surface area contributed by atoms with E-state index in [1.807, 2.05) is 10.8 Å². The average Bonchev–Trinajstić information content (AvgIpc) is 3.37. The molecular weight excluding hydrogens is 653 g/mol. The van der Waals surface area contributed by atoms with Crippen molar-refractivity contribution >= 4 is 27.5 Å².